The summed E-state index contributed by atoms with van der Waals surface area (Å²) in [6, 6.07) is 12.2. The lowest BCUT2D eigenvalue weighted by Gasteiger charge is -2.37. The highest BCUT2D eigenvalue weighted by atomic mass is 19.1. The molecule has 0 unspecified atom stereocenters. The number of halogens is 2. The third kappa shape index (κ3) is 8.33. The van der Waals surface area contributed by atoms with Crippen LogP contribution in [0.2, 0.25) is 0 Å². The molecule has 0 bridgehead atoms. The van der Waals surface area contributed by atoms with Gasteiger partial charge in [0.25, 0.3) is 0 Å². The SMILES string of the molecule is CC(C)(C)OC(=O)N[C@H](C(=O)N1CC[C@@H]2[C@H]1[C@H](c1c[nH]c3cc(F)ccc13)CN2C1CCCC1)C(C)(C)C.Fc1ccc2c([C@@H]3CN(C4CCCC4)[C@@H]4CCN[C@@H]43)c[nH]c2c1. The fraction of sp³-hybridized carbons (Fsp3) is 0.633. The highest BCUT2D eigenvalue weighted by Gasteiger charge is 2.54. The van der Waals surface area contributed by atoms with Crippen LogP contribution in [0.15, 0.2) is 48.8 Å². The van der Waals surface area contributed by atoms with E-state index in [1.165, 1.54) is 80.9 Å². The van der Waals surface area contributed by atoms with Crippen LogP contribution in [0.3, 0.4) is 0 Å². The molecule has 4 aliphatic heterocycles. The normalized spacial score (nSPS) is 28.1. The highest BCUT2D eigenvalue weighted by molar-refractivity contribution is 5.88. The molecule has 61 heavy (non-hydrogen) atoms. The smallest absolute Gasteiger partial charge is 0.408 e. The number of carbonyl (C=O) groups excluding carboxylic acids is 2. The van der Waals surface area contributed by atoms with E-state index in [9.17, 15) is 18.4 Å². The van der Waals surface area contributed by atoms with Crippen LogP contribution < -0.4 is 10.6 Å². The van der Waals surface area contributed by atoms with Crippen molar-refractivity contribution in [3.05, 3.63) is 71.6 Å². The fourth-order valence-corrected chi connectivity index (χ4v) is 12.3. The number of amides is 2. The first-order chi connectivity index (χ1) is 29.1. The number of aromatic amines is 2. The average molecular weight is 840 g/mol. The third-order valence-electron chi connectivity index (χ3n) is 15.0. The van der Waals surface area contributed by atoms with Crippen LogP contribution in [-0.4, -0.2) is 111 Å². The van der Waals surface area contributed by atoms with Gasteiger partial charge in [-0.15, -0.1) is 0 Å². The Hall–Kier alpha value is -4.00. The van der Waals surface area contributed by atoms with E-state index in [0.29, 0.717) is 30.6 Å². The second-order valence-corrected chi connectivity index (χ2v) is 21.0. The Bertz CT molecular complexity index is 2210. The maximum atomic E-state index is 14.3. The molecule has 2 amide bonds. The van der Waals surface area contributed by atoms with Crippen molar-refractivity contribution in [2.75, 3.05) is 26.2 Å². The van der Waals surface area contributed by atoms with E-state index in [-0.39, 0.29) is 35.5 Å². The van der Waals surface area contributed by atoms with E-state index >= 15 is 0 Å². The molecule has 6 aliphatic rings. The lowest BCUT2D eigenvalue weighted by molar-refractivity contribution is -0.137. The van der Waals surface area contributed by atoms with Crippen molar-refractivity contribution in [1.29, 1.82) is 0 Å². The Morgan fingerprint density at radius 1 is 0.738 bits per heavy atom. The summed E-state index contributed by atoms with van der Waals surface area (Å²) in [6.45, 7) is 15.2. The van der Waals surface area contributed by atoms with Crippen LogP contribution in [0.1, 0.15) is 129 Å². The lowest BCUT2D eigenvalue weighted by Crippen LogP contribution is -2.57. The van der Waals surface area contributed by atoms with Gasteiger partial charge in [-0.05, 0) is 119 Å². The molecule has 6 fully saturated rings. The zero-order chi connectivity index (χ0) is 42.8. The third-order valence-corrected chi connectivity index (χ3v) is 15.0. The molecule has 0 spiro atoms. The van der Waals surface area contributed by atoms with E-state index in [1.54, 1.807) is 12.1 Å². The molecule has 0 radical (unpaired) electrons. The van der Waals surface area contributed by atoms with Gasteiger partial charge in [-0.1, -0.05) is 46.5 Å². The number of nitrogens with zero attached hydrogens (tertiary/aromatic N) is 3. The predicted octanol–water partition coefficient (Wildman–Crippen LogP) is 8.94. The molecule has 7 atom stereocenters. The summed E-state index contributed by atoms with van der Waals surface area (Å²) >= 11 is 0. The number of likely N-dealkylation sites (tertiary alicyclic amines) is 3. The summed E-state index contributed by atoms with van der Waals surface area (Å²) in [7, 11) is 0. The number of hydrogen-bond donors (Lipinski definition) is 4. The molecule has 330 valence electrons. The molecule has 2 aromatic carbocycles. The van der Waals surface area contributed by atoms with Crippen LogP contribution in [0, 0.1) is 17.0 Å². The number of carbonyl (C=O) groups is 2. The molecule has 10 rings (SSSR count). The summed E-state index contributed by atoms with van der Waals surface area (Å²) in [5.74, 6) is 0.138. The maximum Gasteiger partial charge on any atom is 0.408 e. The maximum absolute atomic E-state index is 14.3. The van der Waals surface area contributed by atoms with Gasteiger partial charge in [-0.2, -0.15) is 0 Å². The predicted molar refractivity (Wildman–Crippen MR) is 237 cm³/mol. The molecule has 6 heterocycles. The van der Waals surface area contributed by atoms with Gasteiger partial charge < -0.3 is 30.2 Å². The second kappa shape index (κ2) is 16.6. The van der Waals surface area contributed by atoms with Crippen LogP contribution >= 0.6 is 0 Å². The molecular formula is C49H67F2N7O3. The van der Waals surface area contributed by atoms with Crippen molar-refractivity contribution >= 4 is 33.8 Å². The summed E-state index contributed by atoms with van der Waals surface area (Å²) < 4.78 is 32.9. The van der Waals surface area contributed by atoms with E-state index in [4.69, 9.17) is 4.74 Å². The molecule has 2 aromatic heterocycles. The fourth-order valence-electron chi connectivity index (χ4n) is 12.3. The first-order valence-corrected chi connectivity index (χ1v) is 23.2. The number of rotatable bonds is 6. The Kier molecular flexibility index (Phi) is 11.5. The van der Waals surface area contributed by atoms with Crippen molar-refractivity contribution in [2.45, 2.75) is 165 Å². The van der Waals surface area contributed by atoms with Crippen LogP contribution in [0.5, 0.6) is 0 Å². The largest absolute Gasteiger partial charge is 0.444 e. The van der Waals surface area contributed by atoms with Gasteiger partial charge >= 0.3 is 6.09 Å². The zero-order valence-corrected chi connectivity index (χ0v) is 37.0. The van der Waals surface area contributed by atoms with Crippen molar-refractivity contribution in [2.24, 2.45) is 5.41 Å². The van der Waals surface area contributed by atoms with Gasteiger partial charge in [0.2, 0.25) is 5.91 Å². The van der Waals surface area contributed by atoms with Crippen LogP contribution in [0.25, 0.3) is 21.8 Å². The van der Waals surface area contributed by atoms with E-state index < -0.39 is 23.2 Å². The van der Waals surface area contributed by atoms with E-state index in [1.807, 2.05) is 64.8 Å². The monoisotopic (exact) mass is 840 g/mol. The first-order valence-electron chi connectivity index (χ1n) is 23.2. The molecule has 2 aliphatic carbocycles. The summed E-state index contributed by atoms with van der Waals surface area (Å²) in [5, 5.41) is 8.87. The van der Waals surface area contributed by atoms with Gasteiger partial charge in [-0.3, -0.25) is 14.6 Å². The summed E-state index contributed by atoms with van der Waals surface area (Å²) in [5.41, 5.74) is 3.07. The van der Waals surface area contributed by atoms with Crippen molar-refractivity contribution < 1.29 is 23.1 Å². The number of hydrogen-bond acceptors (Lipinski definition) is 6. The zero-order valence-electron chi connectivity index (χ0n) is 37.0. The Morgan fingerprint density at radius 2 is 1.28 bits per heavy atom. The van der Waals surface area contributed by atoms with Gasteiger partial charge in [-0.25, -0.2) is 13.6 Å². The molecule has 10 nitrogen and oxygen atoms in total. The van der Waals surface area contributed by atoms with Crippen LogP contribution in [-0.2, 0) is 9.53 Å². The molecule has 4 aromatic rings. The molecular weight excluding hydrogens is 773 g/mol. The van der Waals surface area contributed by atoms with Crippen LogP contribution in [0.4, 0.5) is 13.6 Å². The van der Waals surface area contributed by atoms with Crippen molar-refractivity contribution in [3.8, 4) is 0 Å². The van der Waals surface area contributed by atoms with Crippen molar-refractivity contribution in [1.82, 2.24) is 35.3 Å². The quantitative estimate of drug-likeness (QED) is 0.155. The number of nitrogens with one attached hydrogen (secondary N) is 4. The first kappa shape index (κ1) is 42.3. The minimum Gasteiger partial charge on any atom is -0.444 e. The minimum absolute atomic E-state index is 0.00237. The Balaban J connectivity index is 0.000000175. The standard InChI is InChI=1S/C30H43FN4O3.C19H24FN3/c1-29(2,3)26(33-28(37)38-30(4,5)6)27(36)34-14-13-24-25(34)22(17-35(24)19-9-7-8-10-19)21-16-32-23-15-18(31)11-12-20(21)23;20-12-5-6-14-15(10-22-17(14)9-12)16-11-23(13-3-1-2-4-13)18-7-8-21-19(16)18/h11-12,15-16,19,22,24-26,32H,7-10,13-14,17H2,1-6H3,(H,33,37);5-6,9-10,13,16,18-19,21-22H,1-4,7-8,11H2/t22-,24+,25+,26+;16-,18+,19+/m00/s1. The lowest BCUT2D eigenvalue weighted by atomic mass is 9.85. The second-order valence-electron chi connectivity index (χ2n) is 21.0. The average Bonchev–Trinajstić information content (AvgIpc) is 4.05. The van der Waals surface area contributed by atoms with Gasteiger partial charge in [0.1, 0.15) is 23.3 Å². The number of alkyl carbamates (subject to hydrolysis) is 1. The molecule has 2 saturated carbocycles. The number of H-pyrrole nitrogens is 2. The summed E-state index contributed by atoms with van der Waals surface area (Å²) in [6.07, 6.45) is 16.2. The number of fused-ring (bicyclic) bond motifs is 4. The number of aromatic nitrogens is 2. The van der Waals surface area contributed by atoms with E-state index in [0.717, 1.165) is 54.1 Å². The number of ether oxygens (including phenoxy) is 1. The number of benzene rings is 2. The van der Waals surface area contributed by atoms with Gasteiger partial charge in [0.05, 0.1) is 6.04 Å². The molecule has 12 heteroatoms. The van der Waals surface area contributed by atoms with Crippen molar-refractivity contribution in [3.63, 3.8) is 0 Å². The van der Waals surface area contributed by atoms with Gasteiger partial charge in [0.15, 0.2) is 0 Å². The minimum atomic E-state index is -0.714. The van der Waals surface area contributed by atoms with Gasteiger partial charge in [0, 0.05) is 95.9 Å². The Morgan fingerprint density at radius 3 is 1.84 bits per heavy atom. The summed E-state index contributed by atoms with van der Waals surface area (Å²) in [4.78, 5) is 41.1. The highest BCUT2D eigenvalue weighted by Crippen LogP contribution is 2.47. The topological polar surface area (TPSA) is 109 Å². The molecule has 4 N–H and O–H groups in total. The molecule has 4 saturated heterocycles. The Labute approximate surface area is 359 Å². The van der Waals surface area contributed by atoms with E-state index in [2.05, 4.69) is 36.6 Å².